The smallest absolute Gasteiger partial charge is 0.0589 e. The maximum absolute atomic E-state index is 9.77. The van der Waals surface area contributed by atoms with Gasteiger partial charge in [-0.05, 0) is 38.5 Å². The molecule has 18 heavy (non-hydrogen) atoms. The van der Waals surface area contributed by atoms with Crippen LogP contribution in [-0.4, -0.2) is 49.5 Å². The van der Waals surface area contributed by atoms with Gasteiger partial charge in [-0.25, -0.2) is 0 Å². The Balaban J connectivity index is 1.93. The van der Waals surface area contributed by atoms with E-state index in [9.17, 15) is 5.11 Å². The topological polar surface area (TPSA) is 32.7 Å². The molecule has 0 bridgehead atoms. The Morgan fingerprint density at radius 1 is 1.33 bits per heavy atom. The summed E-state index contributed by atoms with van der Waals surface area (Å²) in [6, 6.07) is 0.657. The van der Waals surface area contributed by atoms with Crippen molar-refractivity contribution in [1.82, 2.24) is 4.90 Å². The molecule has 0 amide bonds. The Kier molecular flexibility index (Phi) is 5.05. The molecule has 2 aliphatic rings. The molecule has 1 atom stereocenters. The molecule has 2 rings (SSSR count). The van der Waals surface area contributed by atoms with Crippen molar-refractivity contribution in [1.29, 1.82) is 0 Å². The highest BCUT2D eigenvalue weighted by Crippen LogP contribution is 2.41. The van der Waals surface area contributed by atoms with Gasteiger partial charge in [0, 0.05) is 38.3 Å². The molecule has 2 aliphatic carbocycles. The molecule has 0 aromatic carbocycles. The molecule has 3 heteroatoms. The van der Waals surface area contributed by atoms with Crippen LogP contribution in [0.2, 0.25) is 0 Å². The van der Waals surface area contributed by atoms with Crippen LogP contribution in [0, 0.1) is 11.3 Å². The second-order valence-corrected chi connectivity index (χ2v) is 6.41. The van der Waals surface area contributed by atoms with E-state index >= 15 is 0 Å². The van der Waals surface area contributed by atoms with E-state index in [1.165, 1.54) is 38.5 Å². The van der Waals surface area contributed by atoms with E-state index < -0.39 is 0 Å². The van der Waals surface area contributed by atoms with Gasteiger partial charge < -0.3 is 9.84 Å². The van der Waals surface area contributed by atoms with E-state index in [4.69, 9.17) is 4.74 Å². The highest BCUT2D eigenvalue weighted by atomic mass is 16.5. The summed E-state index contributed by atoms with van der Waals surface area (Å²) in [7, 11) is 1.78. The van der Waals surface area contributed by atoms with Crippen LogP contribution in [0.3, 0.4) is 0 Å². The van der Waals surface area contributed by atoms with E-state index in [-0.39, 0.29) is 5.41 Å². The zero-order valence-electron chi connectivity index (χ0n) is 12.0. The molecule has 106 valence electrons. The van der Waals surface area contributed by atoms with Crippen LogP contribution in [0.5, 0.6) is 0 Å². The summed E-state index contributed by atoms with van der Waals surface area (Å²) in [6.45, 7) is 5.58. The van der Waals surface area contributed by atoms with Gasteiger partial charge in [0.05, 0.1) is 6.61 Å². The third kappa shape index (κ3) is 3.46. The molecule has 0 aromatic rings. The summed E-state index contributed by atoms with van der Waals surface area (Å²) < 4.78 is 5.25. The van der Waals surface area contributed by atoms with Crippen molar-refractivity contribution in [2.24, 2.45) is 11.3 Å². The lowest BCUT2D eigenvalue weighted by Crippen LogP contribution is -2.45. The molecule has 0 heterocycles. The number of methoxy groups -OCH3 is 1. The first kappa shape index (κ1) is 14.3. The van der Waals surface area contributed by atoms with E-state index in [0.717, 1.165) is 25.6 Å². The summed E-state index contributed by atoms with van der Waals surface area (Å²) in [5.74, 6) is 0.888. The van der Waals surface area contributed by atoms with E-state index in [1.807, 2.05) is 0 Å². The summed E-state index contributed by atoms with van der Waals surface area (Å²) in [5, 5.41) is 9.77. The van der Waals surface area contributed by atoms with Gasteiger partial charge in [0.15, 0.2) is 0 Å². The molecule has 3 nitrogen and oxygen atoms in total. The lowest BCUT2D eigenvalue weighted by atomic mass is 9.86. The van der Waals surface area contributed by atoms with Gasteiger partial charge in [0.1, 0.15) is 0 Å². The highest BCUT2D eigenvalue weighted by molar-refractivity contribution is 4.91. The maximum Gasteiger partial charge on any atom is 0.0589 e. The van der Waals surface area contributed by atoms with Crippen LogP contribution in [0.15, 0.2) is 0 Å². The van der Waals surface area contributed by atoms with Crippen LogP contribution < -0.4 is 0 Å². The Hall–Kier alpha value is -0.120. The van der Waals surface area contributed by atoms with Crippen LogP contribution >= 0.6 is 0 Å². The monoisotopic (exact) mass is 255 g/mol. The van der Waals surface area contributed by atoms with Gasteiger partial charge in [0.2, 0.25) is 0 Å². The van der Waals surface area contributed by atoms with Crippen LogP contribution in [0.1, 0.15) is 45.4 Å². The Labute approximate surface area is 112 Å². The Morgan fingerprint density at radius 2 is 2.00 bits per heavy atom. The SMILES string of the molecule is COCCN(CC1(CO)CCCC1)C(C)C1CC1. The van der Waals surface area contributed by atoms with Gasteiger partial charge in [-0.1, -0.05) is 12.8 Å². The van der Waals surface area contributed by atoms with E-state index in [0.29, 0.717) is 12.6 Å². The van der Waals surface area contributed by atoms with Crippen molar-refractivity contribution in [2.45, 2.75) is 51.5 Å². The van der Waals surface area contributed by atoms with Crippen molar-refractivity contribution in [3.63, 3.8) is 0 Å². The average molecular weight is 255 g/mol. The molecule has 1 unspecified atom stereocenters. The van der Waals surface area contributed by atoms with Crippen molar-refractivity contribution in [3.8, 4) is 0 Å². The first-order valence-electron chi connectivity index (χ1n) is 7.55. The zero-order valence-corrected chi connectivity index (χ0v) is 12.0. The van der Waals surface area contributed by atoms with Gasteiger partial charge in [-0.2, -0.15) is 0 Å². The third-order valence-corrected chi connectivity index (χ3v) is 5.00. The molecule has 0 radical (unpaired) electrons. The second kappa shape index (κ2) is 6.36. The van der Waals surface area contributed by atoms with Crippen molar-refractivity contribution >= 4 is 0 Å². The van der Waals surface area contributed by atoms with Crippen LogP contribution in [-0.2, 0) is 4.74 Å². The van der Waals surface area contributed by atoms with Crippen molar-refractivity contribution in [3.05, 3.63) is 0 Å². The number of rotatable bonds is 8. The number of aliphatic hydroxyl groups excluding tert-OH is 1. The number of hydrogen-bond donors (Lipinski definition) is 1. The minimum absolute atomic E-state index is 0.177. The highest BCUT2D eigenvalue weighted by Gasteiger charge is 2.39. The van der Waals surface area contributed by atoms with Crippen LogP contribution in [0.25, 0.3) is 0 Å². The molecule has 0 saturated heterocycles. The summed E-state index contributed by atoms with van der Waals surface area (Å²) in [4.78, 5) is 2.57. The lowest BCUT2D eigenvalue weighted by Gasteiger charge is -2.37. The Morgan fingerprint density at radius 3 is 2.50 bits per heavy atom. The summed E-state index contributed by atoms with van der Waals surface area (Å²) >= 11 is 0. The molecule has 2 fully saturated rings. The average Bonchev–Trinajstić information content (AvgIpc) is 3.14. The first-order chi connectivity index (χ1) is 8.71. The predicted molar refractivity (Wildman–Crippen MR) is 73.6 cm³/mol. The number of ether oxygens (including phenoxy) is 1. The fourth-order valence-corrected chi connectivity index (χ4v) is 3.43. The fourth-order valence-electron chi connectivity index (χ4n) is 3.43. The molecule has 2 saturated carbocycles. The number of aliphatic hydroxyl groups is 1. The standard InChI is InChI=1S/C15H29NO2/c1-13(14-5-6-14)16(9-10-18-2)11-15(12-17)7-3-4-8-15/h13-14,17H,3-12H2,1-2H3. The molecule has 1 N–H and O–H groups in total. The van der Waals surface area contributed by atoms with Gasteiger partial charge >= 0.3 is 0 Å². The predicted octanol–water partition coefficient (Wildman–Crippen LogP) is 2.29. The maximum atomic E-state index is 9.77. The normalized spacial score (nSPS) is 24.7. The molecule has 0 aromatic heterocycles. The minimum Gasteiger partial charge on any atom is -0.396 e. The van der Waals surface area contributed by atoms with E-state index in [1.54, 1.807) is 7.11 Å². The number of hydrogen-bond acceptors (Lipinski definition) is 3. The van der Waals surface area contributed by atoms with E-state index in [2.05, 4.69) is 11.8 Å². The van der Waals surface area contributed by atoms with Crippen molar-refractivity contribution in [2.75, 3.05) is 33.4 Å². The number of nitrogens with zero attached hydrogens (tertiary/aromatic N) is 1. The Bertz CT molecular complexity index is 247. The molecule has 0 aliphatic heterocycles. The largest absolute Gasteiger partial charge is 0.396 e. The van der Waals surface area contributed by atoms with Crippen LogP contribution in [0.4, 0.5) is 0 Å². The molecular weight excluding hydrogens is 226 g/mol. The van der Waals surface area contributed by atoms with Gasteiger partial charge in [-0.3, -0.25) is 4.90 Å². The van der Waals surface area contributed by atoms with Gasteiger partial charge in [0.25, 0.3) is 0 Å². The molecular formula is C15H29NO2. The minimum atomic E-state index is 0.177. The fraction of sp³-hybridized carbons (Fsp3) is 1.00. The molecule has 0 spiro atoms. The third-order valence-electron chi connectivity index (χ3n) is 5.00. The van der Waals surface area contributed by atoms with Crippen molar-refractivity contribution < 1.29 is 9.84 Å². The summed E-state index contributed by atoms with van der Waals surface area (Å²) in [5.41, 5.74) is 0.177. The quantitative estimate of drug-likeness (QED) is 0.722. The first-order valence-corrected chi connectivity index (χ1v) is 7.55. The lowest BCUT2D eigenvalue weighted by molar-refractivity contribution is 0.0403. The summed E-state index contributed by atoms with van der Waals surface area (Å²) in [6.07, 6.45) is 7.75. The zero-order chi connectivity index (χ0) is 13.0. The van der Waals surface area contributed by atoms with Gasteiger partial charge in [-0.15, -0.1) is 0 Å². The second-order valence-electron chi connectivity index (χ2n) is 6.41.